The van der Waals surface area contributed by atoms with Gasteiger partial charge in [-0.05, 0) is 18.4 Å². The Morgan fingerprint density at radius 3 is 2.62 bits per heavy atom. The molecule has 1 aliphatic rings. The minimum atomic E-state index is -2.85. The lowest BCUT2D eigenvalue weighted by Crippen LogP contribution is -2.23. The zero-order valence-electron chi connectivity index (χ0n) is 12.9. The molecule has 2 atom stereocenters. The third-order valence-electron chi connectivity index (χ3n) is 4.35. The fraction of sp³-hybridized carbons (Fsp3) is 0.333. The van der Waals surface area contributed by atoms with Gasteiger partial charge in [0.15, 0.2) is 5.65 Å². The van der Waals surface area contributed by atoms with Gasteiger partial charge in [0.05, 0.1) is 17.5 Å². The summed E-state index contributed by atoms with van der Waals surface area (Å²) in [5, 5.41) is 4.07. The zero-order chi connectivity index (χ0) is 18.6. The topological polar surface area (TPSA) is 95.9 Å². The maximum Gasteiger partial charge on any atom is 0.325 e. The van der Waals surface area contributed by atoms with Crippen LogP contribution in [0.2, 0.25) is 0 Å². The normalized spacial score (nSPS) is 19.6. The summed E-state index contributed by atoms with van der Waals surface area (Å²) in [5.41, 5.74) is -1.58. The quantitative estimate of drug-likeness (QED) is 0.689. The number of hydrogen-bond acceptors (Lipinski definition) is 4. The van der Waals surface area contributed by atoms with Crippen LogP contribution in [0.4, 0.5) is 17.6 Å². The van der Waals surface area contributed by atoms with Gasteiger partial charge in [0.1, 0.15) is 5.69 Å². The van der Waals surface area contributed by atoms with E-state index in [2.05, 4.69) is 15.1 Å². The van der Waals surface area contributed by atoms with Crippen molar-refractivity contribution in [1.82, 2.24) is 24.6 Å². The van der Waals surface area contributed by atoms with E-state index in [-0.39, 0.29) is 23.3 Å². The summed E-state index contributed by atoms with van der Waals surface area (Å²) in [6.07, 6.45) is -3.09. The van der Waals surface area contributed by atoms with Crippen LogP contribution in [-0.4, -0.2) is 31.0 Å². The summed E-state index contributed by atoms with van der Waals surface area (Å²) in [7, 11) is 0. The first-order chi connectivity index (χ1) is 12.3. The minimum Gasteiger partial charge on any atom is -0.313 e. The first-order valence-electron chi connectivity index (χ1n) is 7.64. The molecular formula is C15H11F4N5O2. The van der Waals surface area contributed by atoms with Crippen molar-refractivity contribution in [2.75, 3.05) is 0 Å². The van der Waals surface area contributed by atoms with Gasteiger partial charge in [-0.1, -0.05) is 0 Å². The number of alkyl halides is 4. The van der Waals surface area contributed by atoms with Crippen LogP contribution in [0.25, 0.3) is 16.9 Å². The van der Waals surface area contributed by atoms with E-state index in [1.807, 2.05) is 4.98 Å². The predicted octanol–water partition coefficient (Wildman–Crippen LogP) is 2.08. The summed E-state index contributed by atoms with van der Waals surface area (Å²) < 4.78 is 52.9. The lowest BCUT2D eigenvalue weighted by Gasteiger charge is -2.07. The summed E-state index contributed by atoms with van der Waals surface area (Å²) in [6.45, 7) is 0. The SMILES string of the molecule is O=c1[nH]cc(-c2cc([C@H]3C[C@@H]3C(F)F)c3nc(C(F)F)cn3n2)c(=O)[nH]1. The smallest absolute Gasteiger partial charge is 0.313 e. The van der Waals surface area contributed by atoms with Crippen molar-refractivity contribution in [2.45, 2.75) is 25.2 Å². The van der Waals surface area contributed by atoms with Crippen molar-refractivity contribution in [1.29, 1.82) is 0 Å². The van der Waals surface area contributed by atoms with E-state index in [0.717, 1.165) is 16.9 Å². The molecule has 3 heterocycles. The van der Waals surface area contributed by atoms with E-state index in [4.69, 9.17) is 0 Å². The third-order valence-corrected chi connectivity index (χ3v) is 4.35. The Labute approximate surface area is 141 Å². The van der Waals surface area contributed by atoms with Crippen LogP contribution >= 0.6 is 0 Å². The number of aromatic nitrogens is 5. The van der Waals surface area contributed by atoms with E-state index in [1.54, 1.807) is 0 Å². The highest BCUT2D eigenvalue weighted by molar-refractivity contribution is 5.63. The lowest BCUT2D eigenvalue weighted by atomic mass is 10.1. The van der Waals surface area contributed by atoms with Crippen LogP contribution in [0.3, 0.4) is 0 Å². The molecule has 1 saturated carbocycles. The summed E-state index contributed by atoms with van der Waals surface area (Å²) in [5.74, 6) is -1.45. The molecule has 0 spiro atoms. The molecule has 1 fully saturated rings. The Morgan fingerprint density at radius 2 is 2.00 bits per heavy atom. The number of nitrogens with zero attached hydrogens (tertiary/aromatic N) is 3. The van der Waals surface area contributed by atoms with Gasteiger partial charge in [-0.2, -0.15) is 5.10 Å². The third kappa shape index (κ3) is 2.68. The van der Waals surface area contributed by atoms with Gasteiger partial charge >= 0.3 is 5.69 Å². The lowest BCUT2D eigenvalue weighted by molar-refractivity contribution is 0.120. The highest BCUT2D eigenvalue weighted by Crippen LogP contribution is 2.52. The summed E-state index contributed by atoms with van der Waals surface area (Å²) in [6, 6.07) is 1.38. The molecule has 3 aromatic rings. The number of imidazole rings is 1. The number of aromatic amines is 2. The van der Waals surface area contributed by atoms with Crippen LogP contribution in [0.1, 0.15) is 30.0 Å². The second-order valence-electron chi connectivity index (χ2n) is 6.05. The predicted molar refractivity (Wildman–Crippen MR) is 81.5 cm³/mol. The van der Waals surface area contributed by atoms with Crippen LogP contribution < -0.4 is 11.2 Å². The van der Waals surface area contributed by atoms with Crippen molar-refractivity contribution in [3.63, 3.8) is 0 Å². The Morgan fingerprint density at radius 1 is 1.23 bits per heavy atom. The van der Waals surface area contributed by atoms with Gasteiger partial charge < -0.3 is 4.98 Å². The average Bonchev–Trinajstić information content (AvgIpc) is 3.25. The first kappa shape index (κ1) is 16.5. The maximum absolute atomic E-state index is 13.0. The number of fused-ring (bicyclic) bond motifs is 1. The molecule has 7 nitrogen and oxygen atoms in total. The molecule has 2 N–H and O–H groups in total. The van der Waals surface area contributed by atoms with Crippen molar-refractivity contribution < 1.29 is 17.6 Å². The van der Waals surface area contributed by atoms with Gasteiger partial charge in [0.2, 0.25) is 6.43 Å². The first-order valence-corrected chi connectivity index (χ1v) is 7.64. The highest BCUT2D eigenvalue weighted by atomic mass is 19.3. The standard InChI is InChI=1S/C15H11F4N5O2/c16-11(17)6-1-5(6)7-2-9(8-3-20-15(26)22-14(8)25)23-24-4-10(12(18)19)21-13(7)24/h2-6,11-12H,1H2,(H2,20,22,25,26)/t5-,6-/m0/s1. The van der Waals surface area contributed by atoms with Crippen LogP contribution in [0.15, 0.2) is 28.0 Å². The molecule has 26 heavy (non-hydrogen) atoms. The molecule has 11 heteroatoms. The van der Waals surface area contributed by atoms with Gasteiger partial charge in [-0.15, -0.1) is 0 Å². The largest absolute Gasteiger partial charge is 0.325 e. The molecule has 0 aliphatic heterocycles. The average molecular weight is 369 g/mol. The fourth-order valence-electron chi connectivity index (χ4n) is 2.98. The Kier molecular flexibility index (Phi) is 3.67. The Hall–Kier alpha value is -2.98. The van der Waals surface area contributed by atoms with Crippen LogP contribution in [-0.2, 0) is 0 Å². The molecule has 0 unspecified atom stereocenters. The molecule has 0 amide bonds. The number of halogens is 4. The van der Waals surface area contributed by atoms with E-state index in [1.165, 1.54) is 6.07 Å². The Bertz CT molecular complexity index is 1100. The molecule has 0 aromatic carbocycles. The van der Waals surface area contributed by atoms with Gasteiger partial charge in [0.25, 0.3) is 12.0 Å². The number of H-pyrrole nitrogens is 2. The number of nitrogens with one attached hydrogen (secondary N) is 2. The molecule has 0 saturated heterocycles. The molecule has 4 rings (SSSR count). The van der Waals surface area contributed by atoms with E-state index >= 15 is 0 Å². The van der Waals surface area contributed by atoms with Crippen molar-refractivity contribution in [3.05, 3.63) is 50.6 Å². The maximum atomic E-state index is 13.0. The zero-order valence-corrected chi connectivity index (χ0v) is 12.9. The van der Waals surface area contributed by atoms with Crippen LogP contribution in [0.5, 0.6) is 0 Å². The highest BCUT2D eigenvalue weighted by Gasteiger charge is 2.46. The van der Waals surface area contributed by atoms with E-state index in [9.17, 15) is 27.2 Å². The summed E-state index contributed by atoms with van der Waals surface area (Å²) >= 11 is 0. The number of hydrogen-bond donors (Lipinski definition) is 2. The fourth-order valence-corrected chi connectivity index (χ4v) is 2.98. The molecular weight excluding hydrogens is 358 g/mol. The van der Waals surface area contributed by atoms with E-state index in [0.29, 0.717) is 5.56 Å². The second kappa shape index (κ2) is 5.78. The minimum absolute atomic E-state index is 0.0192. The van der Waals surface area contributed by atoms with E-state index < -0.39 is 41.6 Å². The van der Waals surface area contributed by atoms with Crippen LogP contribution in [0, 0.1) is 5.92 Å². The Balaban J connectivity index is 1.92. The molecule has 0 bridgehead atoms. The molecule has 0 radical (unpaired) electrons. The van der Waals surface area contributed by atoms with Crippen molar-refractivity contribution in [2.24, 2.45) is 5.92 Å². The monoisotopic (exact) mass is 369 g/mol. The second-order valence-corrected chi connectivity index (χ2v) is 6.05. The van der Waals surface area contributed by atoms with Crippen molar-refractivity contribution in [3.8, 4) is 11.3 Å². The molecule has 3 aromatic heterocycles. The van der Waals surface area contributed by atoms with Crippen molar-refractivity contribution >= 4 is 5.65 Å². The number of rotatable bonds is 4. The van der Waals surface area contributed by atoms with Gasteiger partial charge in [-0.25, -0.2) is 31.9 Å². The summed E-state index contributed by atoms with van der Waals surface area (Å²) in [4.78, 5) is 31.2. The van der Waals surface area contributed by atoms with Gasteiger partial charge in [0, 0.05) is 17.7 Å². The molecule has 136 valence electrons. The molecule has 1 aliphatic carbocycles. The van der Waals surface area contributed by atoms with Gasteiger partial charge in [-0.3, -0.25) is 9.78 Å².